The molecule has 3 aromatic carbocycles. The van der Waals surface area contributed by atoms with Gasteiger partial charge in [-0.2, -0.15) is 0 Å². The first-order chi connectivity index (χ1) is 19.9. The van der Waals surface area contributed by atoms with Crippen LogP contribution < -0.4 is 25.5 Å². The summed E-state index contributed by atoms with van der Waals surface area (Å²) in [5, 5.41) is 0.555. The molecule has 0 spiro atoms. The third kappa shape index (κ3) is 4.45. The predicted octanol–water partition coefficient (Wildman–Crippen LogP) is 4.56. The summed E-state index contributed by atoms with van der Waals surface area (Å²) < 4.78 is 35.7. The van der Waals surface area contributed by atoms with Crippen molar-refractivity contribution in [2.75, 3.05) is 14.2 Å². The number of hydrogen-bond donors (Lipinski definition) is 1. The minimum Gasteiger partial charge on any atom is -0.493 e. The number of fused-ring (bicyclic) bond motifs is 2. The van der Waals surface area contributed by atoms with Gasteiger partial charge in [-0.15, -0.1) is 0 Å². The lowest BCUT2D eigenvalue weighted by atomic mass is 9.86. The summed E-state index contributed by atoms with van der Waals surface area (Å²) in [5.74, 6) is -0.553. The number of hydrogen-bond acceptors (Lipinski definition) is 7. The van der Waals surface area contributed by atoms with E-state index in [0.717, 1.165) is 0 Å². The van der Waals surface area contributed by atoms with Crippen molar-refractivity contribution in [3.63, 3.8) is 0 Å². The maximum Gasteiger partial charge on any atom is 0.284 e. The van der Waals surface area contributed by atoms with Gasteiger partial charge >= 0.3 is 0 Å². The van der Waals surface area contributed by atoms with Crippen molar-refractivity contribution in [1.82, 2.24) is 19.3 Å². The molecule has 0 saturated carbocycles. The topological polar surface area (TPSA) is 123 Å². The van der Waals surface area contributed by atoms with E-state index in [0.29, 0.717) is 58.7 Å². The molecule has 0 radical (unpaired) electrons. The molecule has 3 heterocycles. The number of nitrogens with two attached hydrogens (primary N) is 1. The first-order valence-corrected chi connectivity index (χ1v) is 13.0. The number of primary amides is 1. The summed E-state index contributed by atoms with van der Waals surface area (Å²) in [4.78, 5) is 34.4. The van der Waals surface area contributed by atoms with E-state index in [1.807, 2.05) is 6.07 Å². The van der Waals surface area contributed by atoms with Crippen molar-refractivity contribution >= 4 is 16.8 Å². The number of benzene rings is 3. The molecule has 41 heavy (non-hydrogen) atoms. The van der Waals surface area contributed by atoms with Gasteiger partial charge < -0.3 is 19.9 Å². The highest BCUT2D eigenvalue weighted by atomic mass is 19.1. The highest BCUT2D eigenvalue weighted by Gasteiger charge is 2.34. The molecule has 2 aromatic heterocycles. The van der Waals surface area contributed by atoms with Gasteiger partial charge in [-0.1, -0.05) is 24.3 Å². The van der Waals surface area contributed by atoms with Crippen LogP contribution in [0.3, 0.4) is 0 Å². The van der Waals surface area contributed by atoms with Crippen molar-refractivity contribution in [3.05, 3.63) is 100.0 Å². The number of carbonyl (C=O) groups excluding carboxylic acids is 1. The first-order valence-electron chi connectivity index (χ1n) is 13.0. The average molecular weight is 556 g/mol. The fourth-order valence-corrected chi connectivity index (χ4v) is 5.48. The molecule has 0 fully saturated rings. The second-order valence-electron chi connectivity index (χ2n) is 9.58. The molecule has 1 unspecified atom stereocenters. The quantitative estimate of drug-likeness (QED) is 0.312. The molecule has 1 atom stereocenters. The number of nitrogens with zero attached hydrogens (tertiary/aromatic N) is 4. The standard InChI is InChI=1S/C30H26FN5O5/c1-39-24-14-21-23(15-25(24)40-2)33-16-34-29(21)41-18-10-11-19(22(31)13-18)20-9-6-12-35-27(20)26(28(32)37)30(38)36(35)17-7-4-3-5-8-17/h3-5,7-8,10-11,13-16,20H,6,9,12H2,1-2H3,(H2,32,37). The van der Waals surface area contributed by atoms with E-state index in [-0.39, 0.29) is 17.2 Å². The van der Waals surface area contributed by atoms with Crippen LogP contribution >= 0.6 is 0 Å². The molecule has 0 saturated heterocycles. The van der Waals surface area contributed by atoms with Gasteiger partial charge in [0.25, 0.3) is 11.5 Å². The Hall–Kier alpha value is -5.19. The second-order valence-corrected chi connectivity index (χ2v) is 9.58. The molecule has 0 aliphatic carbocycles. The summed E-state index contributed by atoms with van der Waals surface area (Å²) in [6.07, 6.45) is 2.55. The molecule has 10 nitrogen and oxygen atoms in total. The molecule has 208 valence electrons. The van der Waals surface area contributed by atoms with Gasteiger partial charge in [0.2, 0.25) is 5.88 Å². The van der Waals surface area contributed by atoms with E-state index in [1.165, 1.54) is 31.3 Å². The molecule has 1 aliphatic heterocycles. The number of halogens is 1. The molecule has 1 amide bonds. The molecule has 11 heteroatoms. The van der Waals surface area contributed by atoms with Gasteiger partial charge in [0.05, 0.1) is 36.5 Å². The smallest absolute Gasteiger partial charge is 0.284 e. The fourth-order valence-electron chi connectivity index (χ4n) is 5.48. The number of aromatic nitrogens is 4. The first kappa shape index (κ1) is 26.1. The zero-order valence-electron chi connectivity index (χ0n) is 22.3. The Labute approximate surface area is 233 Å². The predicted molar refractivity (Wildman–Crippen MR) is 149 cm³/mol. The van der Waals surface area contributed by atoms with Crippen LogP contribution in [0.5, 0.6) is 23.1 Å². The van der Waals surface area contributed by atoms with Crippen molar-refractivity contribution in [1.29, 1.82) is 0 Å². The molecule has 1 aliphatic rings. The fraction of sp³-hybridized carbons (Fsp3) is 0.200. The van der Waals surface area contributed by atoms with Gasteiger partial charge in [-0.3, -0.25) is 14.3 Å². The largest absolute Gasteiger partial charge is 0.493 e. The summed E-state index contributed by atoms with van der Waals surface area (Å²) in [6.45, 7) is 0.487. The molecule has 6 rings (SSSR count). The van der Waals surface area contributed by atoms with Crippen LogP contribution in [-0.2, 0) is 6.54 Å². The second kappa shape index (κ2) is 10.4. The van der Waals surface area contributed by atoms with E-state index in [2.05, 4.69) is 9.97 Å². The summed E-state index contributed by atoms with van der Waals surface area (Å²) in [7, 11) is 3.05. The lowest BCUT2D eigenvalue weighted by Crippen LogP contribution is -2.26. The van der Waals surface area contributed by atoms with Crippen LogP contribution in [0.15, 0.2) is 71.8 Å². The van der Waals surface area contributed by atoms with Gasteiger partial charge in [0.1, 0.15) is 23.5 Å². The normalized spacial score (nSPS) is 14.5. The number of amides is 1. The number of carbonyl (C=O) groups is 1. The Morgan fingerprint density at radius 3 is 2.49 bits per heavy atom. The Bertz CT molecular complexity index is 1850. The van der Waals surface area contributed by atoms with Crippen molar-refractivity contribution in [3.8, 4) is 28.8 Å². The van der Waals surface area contributed by atoms with Crippen LogP contribution in [0.1, 0.15) is 40.4 Å². The lowest BCUT2D eigenvalue weighted by molar-refractivity contribution is 0.0997. The Morgan fingerprint density at radius 1 is 1.02 bits per heavy atom. The van der Waals surface area contributed by atoms with E-state index >= 15 is 4.39 Å². The summed E-state index contributed by atoms with van der Waals surface area (Å²) in [5.41, 5.74) is 6.95. The molecule has 2 N–H and O–H groups in total. The minimum absolute atomic E-state index is 0.130. The SMILES string of the molecule is COc1cc2ncnc(Oc3ccc(C4CCCn5c4c(C(N)=O)c(=O)n5-c4ccccc4)c(F)c3)c2cc1OC. The number of ether oxygens (including phenoxy) is 3. The monoisotopic (exact) mass is 555 g/mol. The van der Waals surface area contributed by atoms with Crippen molar-refractivity contribution < 1.29 is 23.4 Å². The van der Waals surface area contributed by atoms with Crippen LogP contribution in [0.2, 0.25) is 0 Å². The molecule has 5 aromatic rings. The number of rotatable bonds is 7. The summed E-state index contributed by atoms with van der Waals surface area (Å²) in [6, 6.07) is 16.9. The zero-order chi connectivity index (χ0) is 28.7. The minimum atomic E-state index is -0.844. The Balaban J connectivity index is 1.40. The van der Waals surface area contributed by atoms with E-state index in [4.69, 9.17) is 19.9 Å². The van der Waals surface area contributed by atoms with Crippen molar-refractivity contribution in [2.45, 2.75) is 25.3 Å². The average Bonchev–Trinajstić information content (AvgIpc) is 3.29. The molecule has 0 bridgehead atoms. The van der Waals surface area contributed by atoms with Crippen molar-refractivity contribution in [2.24, 2.45) is 5.73 Å². The summed E-state index contributed by atoms with van der Waals surface area (Å²) >= 11 is 0. The zero-order valence-corrected chi connectivity index (χ0v) is 22.3. The lowest BCUT2D eigenvalue weighted by Gasteiger charge is -2.27. The van der Waals surface area contributed by atoms with Gasteiger partial charge in [-0.25, -0.2) is 19.0 Å². The van der Waals surface area contributed by atoms with Crippen LogP contribution in [0, 0.1) is 5.82 Å². The van der Waals surface area contributed by atoms with E-state index < -0.39 is 23.2 Å². The van der Waals surface area contributed by atoms with Crippen LogP contribution in [0.4, 0.5) is 4.39 Å². The molecular weight excluding hydrogens is 529 g/mol. The Kier molecular flexibility index (Phi) is 6.62. The van der Waals surface area contributed by atoms with Crippen LogP contribution in [0.25, 0.3) is 16.6 Å². The van der Waals surface area contributed by atoms with E-state index in [9.17, 15) is 9.59 Å². The number of methoxy groups -OCH3 is 2. The third-order valence-electron chi connectivity index (χ3n) is 7.29. The third-order valence-corrected chi connectivity index (χ3v) is 7.29. The maximum absolute atomic E-state index is 15.8. The highest BCUT2D eigenvalue weighted by Crippen LogP contribution is 2.39. The Morgan fingerprint density at radius 2 is 1.78 bits per heavy atom. The van der Waals surface area contributed by atoms with Gasteiger partial charge in [0.15, 0.2) is 11.5 Å². The molecular formula is C30H26FN5O5. The van der Waals surface area contributed by atoms with Gasteiger partial charge in [0, 0.05) is 24.6 Å². The van der Waals surface area contributed by atoms with Crippen LogP contribution in [-0.4, -0.2) is 39.5 Å². The maximum atomic E-state index is 15.8. The number of para-hydroxylation sites is 1. The van der Waals surface area contributed by atoms with Gasteiger partial charge in [-0.05, 0) is 42.7 Å². The van der Waals surface area contributed by atoms with E-state index in [1.54, 1.807) is 53.2 Å². The highest BCUT2D eigenvalue weighted by molar-refractivity contribution is 5.94.